The molecule has 1 aromatic rings. The number of primary amides is 1. The van der Waals surface area contributed by atoms with Crippen LogP contribution in [0.2, 0.25) is 0 Å². The molecule has 0 aliphatic carbocycles. The number of likely N-dealkylation sites (tertiary alicyclic amines) is 1. The van der Waals surface area contributed by atoms with Gasteiger partial charge in [-0.15, -0.1) is 0 Å². The number of nitrogens with zero attached hydrogens (tertiary/aromatic N) is 1. The molecule has 5 nitrogen and oxygen atoms in total. The lowest BCUT2D eigenvalue weighted by Crippen LogP contribution is -2.39. The Labute approximate surface area is 112 Å². The molecule has 0 radical (unpaired) electrons. The van der Waals surface area contributed by atoms with Crippen molar-refractivity contribution in [2.24, 2.45) is 11.7 Å². The zero-order valence-corrected chi connectivity index (χ0v) is 10.7. The second kappa shape index (κ2) is 5.73. The number of phenols is 1. The van der Waals surface area contributed by atoms with Crippen molar-refractivity contribution in [3.8, 4) is 5.75 Å². The molecular formula is C14H18N2O3. The quantitative estimate of drug-likeness (QED) is 0.856. The Morgan fingerprint density at radius 1 is 1.21 bits per heavy atom. The van der Waals surface area contributed by atoms with Gasteiger partial charge in [-0.2, -0.15) is 0 Å². The molecule has 102 valence electrons. The zero-order valence-electron chi connectivity index (χ0n) is 10.7. The van der Waals surface area contributed by atoms with E-state index in [4.69, 9.17) is 5.73 Å². The van der Waals surface area contributed by atoms with Gasteiger partial charge in [0.2, 0.25) is 5.91 Å². The van der Waals surface area contributed by atoms with Crippen LogP contribution in [-0.2, 0) is 4.79 Å². The number of piperidine rings is 1. The predicted molar refractivity (Wildman–Crippen MR) is 70.5 cm³/mol. The molecule has 1 fully saturated rings. The molecule has 1 heterocycles. The molecule has 0 unspecified atom stereocenters. The van der Waals surface area contributed by atoms with Crippen LogP contribution in [0.5, 0.6) is 5.75 Å². The van der Waals surface area contributed by atoms with E-state index in [1.165, 1.54) is 12.1 Å². The molecule has 0 bridgehead atoms. The zero-order chi connectivity index (χ0) is 13.8. The van der Waals surface area contributed by atoms with Gasteiger partial charge in [-0.05, 0) is 43.0 Å². The first kappa shape index (κ1) is 13.4. The van der Waals surface area contributed by atoms with Gasteiger partial charge >= 0.3 is 0 Å². The molecule has 2 rings (SSSR count). The van der Waals surface area contributed by atoms with Gasteiger partial charge in [-0.3, -0.25) is 9.59 Å². The third-order valence-corrected chi connectivity index (χ3v) is 3.51. The summed E-state index contributed by atoms with van der Waals surface area (Å²) in [6.07, 6.45) is 2.03. The molecule has 1 aromatic carbocycles. The van der Waals surface area contributed by atoms with E-state index in [9.17, 15) is 14.7 Å². The summed E-state index contributed by atoms with van der Waals surface area (Å²) in [7, 11) is 0. The molecule has 1 aliphatic rings. The van der Waals surface area contributed by atoms with E-state index < -0.39 is 0 Å². The fourth-order valence-electron chi connectivity index (χ4n) is 2.41. The molecule has 0 spiro atoms. The van der Waals surface area contributed by atoms with Crippen LogP contribution >= 0.6 is 0 Å². The topological polar surface area (TPSA) is 83.6 Å². The van der Waals surface area contributed by atoms with Gasteiger partial charge in [-0.1, -0.05) is 0 Å². The van der Waals surface area contributed by atoms with Gasteiger partial charge in [0, 0.05) is 25.1 Å². The maximum atomic E-state index is 12.2. The number of carbonyl (C=O) groups excluding carboxylic acids is 2. The average molecular weight is 262 g/mol. The van der Waals surface area contributed by atoms with Crippen LogP contribution in [0.15, 0.2) is 24.3 Å². The van der Waals surface area contributed by atoms with Crippen molar-refractivity contribution >= 4 is 11.8 Å². The standard InChI is InChI=1S/C14H18N2O3/c15-13(18)9-10-5-7-16(8-6-10)14(19)11-1-3-12(17)4-2-11/h1-4,10,17H,5-9H2,(H2,15,18). The smallest absolute Gasteiger partial charge is 0.253 e. The van der Waals surface area contributed by atoms with Crippen molar-refractivity contribution in [1.29, 1.82) is 0 Å². The van der Waals surface area contributed by atoms with Gasteiger partial charge in [-0.25, -0.2) is 0 Å². The highest BCUT2D eigenvalue weighted by molar-refractivity contribution is 5.94. The lowest BCUT2D eigenvalue weighted by molar-refractivity contribution is -0.119. The minimum Gasteiger partial charge on any atom is -0.508 e. The summed E-state index contributed by atoms with van der Waals surface area (Å²) in [6, 6.07) is 6.25. The number of carbonyl (C=O) groups is 2. The van der Waals surface area contributed by atoms with Gasteiger partial charge in [0.05, 0.1) is 0 Å². The summed E-state index contributed by atoms with van der Waals surface area (Å²) in [5.74, 6) is 0.138. The van der Waals surface area contributed by atoms with Crippen molar-refractivity contribution in [1.82, 2.24) is 4.90 Å². The van der Waals surface area contributed by atoms with Crippen LogP contribution in [0.4, 0.5) is 0 Å². The van der Waals surface area contributed by atoms with Crippen molar-refractivity contribution in [3.05, 3.63) is 29.8 Å². The van der Waals surface area contributed by atoms with Crippen LogP contribution < -0.4 is 5.73 Å². The summed E-state index contributed by atoms with van der Waals surface area (Å²) in [4.78, 5) is 24.8. The Morgan fingerprint density at radius 2 is 1.79 bits per heavy atom. The van der Waals surface area contributed by atoms with Crippen LogP contribution in [0.25, 0.3) is 0 Å². The SMILES string of the molecule is NC(=O)CC1CCN(C(=O)c2ccc(O)cc2)CC1. The number of rotatable bonds is 3. The molecule has 0 aromatic heterocycles. The van der Waals surface area contributed by atoms with Crippen LogP contribution in [-0.4, -0.2) is 34.9 Å². The van der Waals surface area contributed by atoms with Gasteiger partial charge in [0.15, 0.2) is 0 Å². The highest BCUT2D eigenvalue weighted by Gasteiger charge is 2.24. The molecule has 0 saturated carbocycles. The van der Waals surface area contributed by atoms with Crippen molar-refractivity contribution in [2.75, 3.05) is 13.1 Å². The van der Waals surface area contributed by atoms with Crippen LogP contribution in [0.3, 0.4) is 0 Å². The molecule has 19 heavy (non-hydrogen) atoms. The lowest BCUT2D eigenvalue weighted by Gasteiger charge is -2.31. The summed E-state index contributed by atoms with van der Waals surface area (Å²) in [5, 5.41) is 9.20. The Hall–Kier alpha value is -2.04. The molecule has 5 heteroatoms. The number of benzene rings is 1. The monoisotopic (exact) mass is 262 g/mol. The van der Waals surface area contributed by atoms with Crippen molar-refractivity contribution < 1.29 is 14.7 Å². The number of hydrogen-bond acceptors (Lipinski definition) is 3. The number of hydrogen-bond donors (Lipinski definition) is 2. The first-order valence-corrected chi connectivity index (χ1v) is 6.43. The Balaban J connectivity index is 1.92. The minimum atomic E-state index is -0.275. The molecular weight excluding hydrogens is 244 g/mol. The maximum absolute atomic E-state index is 12.2. The van der Waals surface area contributed by atoms with E-state index in [2.05, 4.69) is 0 Å². The maximum Gasteiger partial charge on any atom is 0.253 e. The van der Waals surface area contributed by atoms with E-state index in [-0.39, 0.29) is 17.6 Å². The van der Waals surface area contributed by atoms with Gasteiger partial charge in [0.1, 0.15) is 5.75 Å². The summed E-state index contributed by atoms with van der Waals surface area (Å²) in [6.45, 7) is 1.30. The van der Waals surface area contributed by atoms with Gasteiger partial charge in [0.25, 0.3) is 5.91 Å². The van der Waals surface area contributed by atoms with Crippen LogP contribution in [0, 0.1) is 5.92 Å². The highest BCUT2D eigenvalue weighted by atomic mass is 16.3. The van der Waals surface area contributed by atoms with E-state index in [0.29, 0.717) is 31.0 Å². The first-order valence-electron chi connectivity index (χ1n) is 6.43. The third-order valence-electron chi connectivity index (χ3n) is 3.51. The van der Waals surface area contributed by atoms with Gasteiger partial charge < -0.3 is 15.7 Å². The van der Waals surface area contributed by atoms with Crippen molar-refractivity contribution in [2.45, 2.75) is 19.3 Å². The first-order chi connectivity index (χ1) is 9.06. The molecule has 2 amide bonds. The number of nitrogens with two attached hydrogens (primary N) is 1. The molecule has 1 aliphatic heterocycles. The van der Waals surface area contributed by atoms with E-state index >= 15 is 0 Å². The summed E-state index contributed by atoms with van der Waals surface area (Å²) >= 11 is 0. The summed E-state index contributed by atoms with van der Waals surface area (Å²) < 4.78 is 0. The Morgan fingerprint density at radius 3 is 2.32 bits per heavy atom. The highest BCUT2D eigenvalue weighted by Crippen LogP contribution is 2.22. The summed E-state index contributed by atoms with van der Waals surface area (Å²) in [5.41, 5.74) is 5.75. The molecule has 3 N–H and O–H groups in total. The molecule has 0 atom stereocenters. The largest absolute Gasteiger partial charge is 0.508 e. The number of phenolic OH excluding ortho intramolecular Hbond substituents is 1. The predicted octanol–water partition coefficient (Wildman–Crippen LogP) is 1.12. The average Bonchev–Trinajstić information content (AvgIpc) is 2.39. The fraction of sp³-hybridized carbons (Fsp3) is 0.429. The normalized spacial score (nSPS) is 16.3. The van der Waals surface area contributed by atoms with Crippen molar-refractivity contribution in [3.63, 3.8) is 0 Å². The fourth-order valence-corrected chi connectivity index (χ4v) is 2.41. The minimum absolute atomic E-state index is 0.0301. The van der Waals surface area contributed by atoms with E-state index in [1.54, 1.807) is 17.0 Å². The second-order valence-corrected chi connectivity index (χ2v) is 4.95. The number of amides is 2. The second-order valence-electron chi connectivity index (χ2n) is 4.95. The Bertz CT molecular complexity index is 462. The Kier molecular flexibility index (Phi) is 4.04. The number of aromatic hydroxyl groups is 1. The molecule has 1 saturated heterocycles. The van der Waals surface area contributed by atoms with E-state index in [0.717, 1.165) is 12.8 Å². The van der Waals surface area contributed by atoms with E-state index in [1.807, 2.05) is 0 Å². The lowest BCUT2D eigenvalue weighted by atomic mass is 9.93. The third kappa shape index (κ3) is 3.47. The van der Waals surface area contributed by atoms with Crippen LogP contribution in [0.1, 0.15) is 29.6 Å².